The van der Waals surface area contributed by atoms with Gasteiger partial charge in [0.2, 0.25) is 11.8 Å². The van der Waals surface area contributed by atoms with Gasteiger partial charge in [0, 0.05) is 30.0 Å². The molecule has 0 unspecified atom stereocenters. The number of rotatable bonds is 7. The number of hydrogen-bond acceptors (Lipinski definition) is 4. The zero-order valence-electron chi connectivity index (χ0n) is 13.6. The van der Waals surface area contributed by atoms with Crippen molar-refractivity contribution in [1.82, 2.24) is 15.6 Å². The predicted octanol–water partition coefficient (Wildman–Crippen LogP) is 2.38. The standard InChI is InChI=1S/C17H20FN3O2S/c1-11(2)16(23)20-7-6-19-15(22)9-14-10-24-17(21-14)12-4-3-5-13(18)8-12/h3-5,8,10-11H,6-7,9H2,1-2H3,(H,19,22)(H,20,23). The molecule has 5 nitrogen and oxygen atoms in total. The molecular weight excluding hydrogens is 329 g/mol. The smallest absolute Gasteiger partial charge is 0.226 e. The summed E-state index contributed by atoms with van der Waals surface area (Å²) in [6.45, 7) is 4.39. The molecule has 0 aliphatic heterocycles. The zero-order chi connectivity index (χ0) is 17.5. The van der Waals surface area contributed by atoms with E-state index in [1.165, 1.54) is 23.5 Å². The molecule has 0 radical (unpaired) electrons. The number of benzene rings is 1. The van der Waals surface area contributed by atoms with E-state index in [1.54, 1.807) is 17.5 Å². The van der Waals surface area contributed by atoms with E-state index in [-0.39, 0.29) is 30.0 Å². The van der Waals surface area contributed by atoms with Crippen LogP contribution in [0.2, 0.25) is 0 Å². The van der Waals surface area contributed by atoms with Gasteiger partial charge >= 0.3 is 0 Å². The second-order valence-electron chi connectivity index (χ2n) is 5.63. The molecule has 0 fully saturated rings. The van der Waals surface area contributed by atoms with Gasteiger partial charge in [-0.1, -0.05) is 26.0 Å². The van der Waals surface area contributed by atoms with Crippen LogP contribution in [0.15, 0.2) is 29.6 Å². The summed E-state index contributed by atoms with van der Waals surface area (Å²) in [5.41, 5.74) is 1.34. The molecule has 24 heavy (non-hydrogen) atoms. The van der Waals surface area contributed by atoms with Crippen molar-refractivity contribution < 1.29 is 14.0 Å². The molecule has 0 spiro atoms. The van der Waals surface area contributed by atoms with Crippen LogP contribution in [0, 0.1) is 11.7 Å². The molecule has 0 aliphatic rings. The summed E-state index contributed by atoms with van der Waals surface area (Å²) in [4.78, 5) is 27.6. The highest BCUT2D eigenvalue weighted by molar-refractivity contribution is 7.13. The number of halogens is 1. The van der Waals surface area contributed by atoms with Gasteiger partial charge < -0.3 is 10.6 Å². The number of thiazole rings is 1. The molecule has 128 valence electrons. The Balaban J connectivity index is 1.80. The first kappa shape index (κ1) is 18.1. The zero-order valence-corrected chi connectivity index (χ0v) is 14.5. The molecule has 7 heteroatoms. The SMILES string of the molecule is CC(C)C(=O)NCCNC(=O)Cc1csc(-c2cccc(F)c2)n1. The van der Waals surface area contributed by atoms with Crippen molar-refractivity contribution >= 4 is 23.2 Å². The fourth-order valence-electron chi connectivity index (χ4n) is 1.96. The first-order chi connectivity index (χ1) is 11.5. The molecule has 0 saturated heterocycles. The van der Waals surface area contributed by atoms with E-state index in [0.717, 1.165) is 0 Å². The molecule has 0 saturated carbocycles. The average molecular weight is 349 g/mol. The lowest BCUT2D eigenvalue weighted by molar-refractivity contribution is -0.124. The summed E-state index contributed by atoms with van der Waals surface area (Å²) in [5, 5.41) is 7.94. The lowest BCUT2D eigenvalue weighted by Gasteiger charge is -2.08. The van der Waals surface area contributed by atoms with Crippen LogP contribution in [0.4, 0.5) is 4.39 Å². The van der Waals surface area contributed by atoms with Crippen molar-refractivity contribution in [3.63, 3.8) is 0 Å². The monoisotopic (exact) mass is 349 g/mol. The topological polar surface area (TPSA) is 71.1 Å². The quantitative estimate of drug-likeness (QED) is 0.754. The third-order valence-electron chi connectivity index (χ3n) is 3.24. The number of nitrogens with zero attached hydrogens (tertiary/aromatic N) is 1. The fraction of sp³-hybridized carbons (Fsp3) is 0.353. The van der Waals surface area contributed by atoms with Crippen molar-refractivity contribution in [2.45, 2.75) is 20.3 Å². The molecule has 2 aromatic rings. The van der Waals surface area contributed by atoms with Gasteiger partial charge in [-0.05, 0) is 12.1 Å². The summed E-state index contributed by atoms with van der Waals surface area (Å²) in [6.07, 6.45) is 0.157. The van der Waals surface area contributed by atoms with Crippen LogP contribution in [0.3, 0.4) is 0 Å². The lowest BCUT2D eigenvalue weighted by atomic mass is 10.2. The minimum Gasteiger partial charge on any atom is -0.354 e. The Morgan fingerprint density at radius 1 is 1.25 bits per heavy atom. The van der Waals surface area contributed by atoms with Crippen LogP contribution in [-0.2, 0) is 16.0 Å². The molecular formula is C17H20FN3O2S. The van der Waals surface area contributed by atoms with Crippen molar-refractivity contribution in [2.24, 2.45) is 5.92 Å². The summed E-state index contributed by atoms with van der Waals surface area (Å²) >= 11 is 1.37. The van der Waals surface area contributed by atoms with Crippen LogP contribution in [0.1, 0.15) is 19.5 Å². The number of hydrogen-bond donors (Lipinski definition) is 2. The Labute approximate surface area is 144 Å². The number of aromatic nitrogens is 1. The molecule has 2 N–H and O–H groups in total. The molecule has 1 aromatic heterocycles. The Kier molecular flexibility index (Phi) is 6.43. The van der Waals surface area contributed by atoms with E-state index in [1.807, 2.05) is 13.8 Å². The summed E-state index contributed by atoms with van der Waals surface area (Å²) in [6, 6.07) is 6.21. The number of carbonyl (C=O) groups is 2. The lowest BCUT2D eigenvalue weighted by Crippen LogP contribution is -2.36. The Morgan fingerprint density at radius 3 is 2.71 bits per heavy atom. The van der Waals surface area contributed by atoms with E-state index >= 15 is 0 Å². The van der Waals surface area contributed by atoms with Crippen LogP contribution in [0.25, 0.3) is 10.6 Å². The van der Waals surface area contributed by atoms with E-state index < -0.39 is 0 Å². The first-order valence-corrected chi connectivity index (χ1v) is 8.58. The third-order valence-corrected chi connectivity index (χ3v) is 4.18. The minimum atomic E-state index is -0.314. The summed E-state index contributed by atoms with van der Waals surface area (Å²) in [5.74, 6) is -0.587. The van der Waals surface area contributed by atoms with Crippen molar-refractivity contribution in [3.05, 3.63) is 41.2 Å². The number of nitrogens with one attached hydrogen (secondary N) is 2. The summed E-state index contributed by atoms with van der Waals surface area (Å²) in [7, 11) is 0. The van der Waals surface area contributed by atoms with Crippen molar-refractivity contribution in [2.75, 3.05) is 13.1 Å². The minimum absolute atomic E-state index is 0.0384. The van der Waals surface area contributed by atoms with E-state index in [4.69, 9.17) is 0 Å². The van der Waals surface area contributed by atoms with Gasteiger partial charge in [0.05, 0.1) is 12.1 Å². The highest BCUT2D eigenvalue weighted by Gasteiger charge is 2.10. The maximum atomic E-state index is 13.2. The highest BCUT2D eigenvalue weighted by Crippen LogP contribution is 2.24. The van der Waals surface area contributed by atoms with Gasteiger partial charge in [-0.15, -0.1) is 11.3 Å². The first-order valence-electron chi connectivity index (χ1n) is 7.70. The highest BCUT2D eigenvalue weighted by atomic mass is 32.1. The molecule has 1 heterocycles. The molecule has 2 rings (SSSR count). The van der Waals surface area contributed by atoms with E-state index in [0.29, 0.717) is 29.4 Å². The largest absolute Gasteiger partial charge is 0.354 e. The Morgan fingerprint density at radius 2 is 2.00 bits per heavy atom. The second-order valence-corrected chi connectivity index (χ2v) is 6.48. The molecule has 0 atom stereocenters. The Bertz CT molecular complexity index is 715. The van der Waals surface area contributed by atoms with Gasteiger partial charge in [0.25, 0.3) is 0 Å². The predicted molar refractivity (Wildman–Crippen MR) is 92.1 cm³/mol. The van der Waals surface area contributed by atoms with Gasteiger partial charge in [-0.3, -0.25) is 9.59 Å². The van der Waals surface area contributed by atoms with Gasteiger partial charge in [-0.2, -0.15) is 0 Å². The average Bonchev–Trinajstić information content (AvgIpc) is 2.99. The number of amides is 2. The third kappa shape index (κ3) is 5.42. The molecule has 0 aliphatic carbocycles. The van der Waals surface area contributed by atoms with Crippen molar-refractivity contribution in [3.8, 4) is 10.6 Å². The fourth-order valence-corrected chi connectivity index (χ4v) is 2.78. The molecule has 0 bridgehead atoms. The Hall–Kier alpha value is -2.28. The molecule has 1 aromatic carbocycles. The van der Waals surface area contributed by atoms with Crippen LogP contribution in [-0.4, -0.2) is 29.9 Å². The van der Waals surface area contributed by atoms with Crippen LogP contribution < -0.4 is 10.6 Å². The van der Waals surface area contributed by atoms with E-state index in [9.17, 15) is 14.0 Å². The van der Waals surface area contributed by atoms with Crippen molar-refractivity contribution in [1.29, 1.82) is 0 Å². The van der Waals surface area contributed by atoms with E-state index in [2.05, 4.69) is 15.6 Å². The van der Waals surface area contributed by atoms with Crippen LogP contribution in [0.5, 0.6) is 0 Å². The number of carbonyl (C=O) groups excluding carboxylic acids is 2. The van der Waals surface area contributed by atoms with Crippen LogP contribution >= 0.6 is 11.3 Å². The van der Waals surface area contributed by atoms with Gasteiger partial charge in [-0.25, -0.2) is 9.37 Å². The van der Waals surface area contributed by atoms with Gasteiger partial charge in [0.15, 0.2) is 0 Å². The maximum Gasteiger partial charge on any atom is 0.226 e. The maximum absolute atomic E-state index is 13.2. The normalized spacial score (nSPS) is 10.7. The second kappa shape index (κ2) is 8.54. The van der Waals surface area contributed by atoms with Gasteiger partial charge in [0.1, 0.15) is 10.8 Å². The molecule has 2 amide bonds. The summed E-state index contributed by atoms with van der Waals surface area (Å²) < 4.78 is 13.2.